The summed E-state index contributed by atoms with van der Waals surface area (Å²) in [7, 11) is -3.77. The number of urea groups is 1. The van der Waals surface area contributed by atoms with Crippen LogP contribution < -0.4 is 47.7 Å². The Hall–Kier alpha value is -9.47. The Labute approximate surface area is 588 Å². The van der Waals surface area contributed by atoms with Gasteiger partial charge in [0.2, 0.25) is 29.5 Å². The summed E-state index contributed by atoms with van der Waals surface area (Å²) in [5.41, 5.74) is 0.0380. The van der Waals surface area contributed by atoms with Crippen LogP contribution in [0.5, 0.6) is 0 Å². The van der Waals surface area contributed by atoms with Crippen molar-refractivity contribution in [3.63, 3.8) is 0 Å². The Bertz CT molecular complexity index is 3050. The number of aliphatic carboxylic acids is 9. The molecule has 37 nitrogen and oxygen atoms in total. The number of nitrogens with zero attached hydrogens (tertiary/aromatic N) is 4. The summed E-state index contributed by atoms with van der Waals surface area (Å²) < 4.78 is 17.1. The van der Waals surface area contributed by atoms with Gasteiger partial charge in [0.15, 0.2) is 0 Å². The van der Waals surface area contributed by atoms with Crippen LogP contribution >= 0.6 is 0 Å². The zero-order valence-electron chi connectivity index (χ0n) is 58.1. The molecule has 1 aromatic rings. The first-order chi connectivity index (χ1) is 47.5. The second-order valence-corrected chi connectivity index (χ2v) is 31.5. The van der Waals surface area contributed by atoms with Crippen LogP contribution in [0.3, 0.4) is 0 Å². The van der Waals surface area contributed by atoms with Gasteiger partial charge in [-0.3, -0.25) is 72.3 Å². The molecule has 1 saturated heterocycles. The van der Waals surface area contributed by atoms with Gasteiger partial charge in [-0.05, 0) is 78.8 Å². The second-order valence-electron chi connectivity index (χ2n) is 26.6. The molecule has 1 heterocycles. The van der Waals surface area contributed by atoms with E-state index in [0.717, 1.165) is 0 Å². The van der Waals surface area contributed by atoms with Gasteiger partial charge < -0.3 is 92.6 Å². The highest BCUT2D eigenvalue weighted by atomic mass is 28.4. The zero-order valence-corrected chi connectivity index (χ0v) is 59.1. The van der Waals surface area contributed by atoms with Crippen molar-refractivity contribution in [1.82, 2.24) is 62.1 Å². The predicted molar refractivity (Wildman–Crippen MR) is 359 cm³/mol. The van der Waals surface area contributed by atoms with E-state index in [4.69, 9.17) is 5.11 Å². The number of rotatable bonds is 43. The third-order valence-corrected chi connectivity index (χ3v) is 21.9. The third-order valence-electron chi connectivity index (χ3n) is 16.6. The van der Waals surface area contributed by atoms with Crippen molar-refractivity contribution in [3.8, 4) is 0 Å². The van der Waals surface area contributed by atoms with Crippen LogP contribution in [0.1, 0.15) is 135 Å². The fraction of sp³-hybridized carbons (Fsp3) is 0.651. The maximum atomic E-state index is 17.1. The summed E-state index contributed by atoms with van der Waals surface area (Å²) in [6, 6.07) is -5.18. The molecule has 0 aliphatic carbocycles. The average molecular weight is 1470 g/mol. The molecule has 1 fully saturated rings. The summed E-state index contributed by atoms with van der Waals surface area (Å²) >= 11 is 0. The van der Waals surface area contributed by atoms with Crippen LogP contribution in [0.25, 0.3) is 0 Å². The van der Waals surface area contributed by atoms with Crippen LogP contribution in [-0.4, -0.2) is 297 Å². The molecule has 2 rings (SSSR count). The Morgan fingerprint density at radius 3 is 1.21 bits per heavy atom. The van der Waals surface area contributed by atoms with Gasteiger partial charge in [-0.15, -0.1) is 0 Å². The van der Waals surface area contributed by atoms with E-state index in [1.807, 2.05) is 10.6 Å². The largest absolute Gasteiger partial charge is 0.481 e. The van der Waals surface area contributed by atoms with Gasteiger partial charge in [-0.2, -0.15) is 0 Å². The lowest BCUT2D eigenvalue weighted by atomic mass is 10.1. The molecule has 1 aromatic carbocycles. The lowest BCUT2D eigenvalue weighted by Crippen LogP contribution is -2.58. The molecule has 0 saturated carbocycles. The molecule has 17 N–H and O–H groups in total. The van der Waals surface area contributed by atoms with E-state index in [9.17, 15) is 118 Å². The molecule has 8 amide bonds. The number of unbranched alkanes of at least 4 members (excludes halogenated alkanes) is 1. The number of carboxylic acids is 9. The minimum absolute atomic E-state index is 0.00207. The lowest BCUT2D eigenvalue weighted by molar-refractivity contribution is -0.145. The van der Waals surface area contributed by atoms with Crippen molar-refractivity contribution < 1.29 is 127 Å². The summed E-state index contributed by atoms with van der Waals surface area (Å²) in [4.78, 5) is 205. The molecular formula is C63H99FN12O25Si. The first-order valence-corrected chi connectivity index (χ1v) is 34.9. The number of carbonyl (C=O) groups is 16. The van der Waals surface area contributed by atoms with Crippen LogP contribution in [-0.2, 0) is 67.1 Å². The van der Waals surface area contributed by atoms with E-state index < -0.39 is 215 Å². The number of amides is 8. The molecular weight excluding hydrogens is 1370 g/mol. The Balaban J connectivity index is 2.15. The number of halogens is 1. The molecule has 1 aliphatic heterocycles. The molecule has 0 aromatic heterocycles. The molecule has 102 heavy (non-hydrogen) atoms. The second kappa shape index (κ2) is 43.4. The van der Waals surface area contributed by atoms with Crippen LogP contribution in [0, 0.1) is 0 Å². The predicted octanol–water partition coefficient (Wildman–Crippen LogP) is -1.72. The standard InChI is InChI=1S/C63H99FN12O25Si/c1-62(2,3)102(64,63(4,5)6)39-14-12-38(13-15-39)54(89)67-34-44(69-49(80)20-18-45(60(99)100)76-32-30-74(36-52(85)86)28-26-73(35-51(83)84)27-29-75(31-33-76)37-53(87)88)55(90)70-41(57(93)94)10-7-8-24-65-46(77)21-22-47(78)66-25-9-11-40(56(91)92)68-48(79)19-16-42(58(95)96)71-61(101)72-43(59(97)98)17-23-50(81)82/h12-15,40-45H,7-11,16-37H2,1-6H3,(H,65,77)(H,66,78)(H,67,89)(H,68,79)(H,69,80)(H,70,90)(H,81,82)(H,83,84)(H,85,86)(H,87,88)(H,91,92)(H,93,94)(H,95,96)(H,97,98)(H,99,100)(H2,71,72,101)/t40-,41-,42-,43-,44+,45-/m0/s1. The van der Waals surface area contributed by atoms with Gasteiger partial charge in [0.1, 0.15) is 36.3 Å². The quantitative estimate of drug-likeness (QED) is 0.0197. The van der Waals surface area contributed by atoms with Gasteiger partial charge in [-0.1, -0.05) is 53.7 Å². The fourth-order valence-electron chi connectivity index (χ4n) is 11.4. The molecule has 0 radical (unpaired) electrons. The van der Waals surface area contributed by atoms with Crippen molar-refractivity contribution in [3.05, 3.63) is 29.8 Å². The molecule has 572 valence electrons. The van der Waals surface area contributed by atoms with E-state index in [-0.39, 0.29) is 116 Å². The van der Waals surface area contributed by atoms with Gasteiger partial charge in [0, 0.05) is 110 Å². The van der Waals surface area contributed by atoms with Crippen molar-refractivity contribution in [2.24, 2.45) is 0 Å². The van der Waals surface area contributed by atoms with Crippen LogP contribution in [0.15, 0.2) is 24.3 Å². The van der Waals surface area contributed by atoms with Crippen molar-refractivity contribution >= 4 is 109 Å². The number of carboxylic acid groups (broad SMARTS) is 9. The highest BCUT2D eigenvalue weighted by molar-refractivity contribution is 6.90. The van der Waals surface area contributed by atoms with Crippen molar-refractivity contribution in [1.29, 1.82) is 0 Å². The fourth-order valence-corrected chi connectivity index (χ4v) is 16.0. The van der Waals surface area contributed by atoms with E-state index >= 15 is 4.11 Å². The van der Waals surface area contributed by atoms with Gasteiger partial charge in [0.25, 0.3) is 14.3 Å². The zero-order chi connectivity index (χ0) is 77.2. The summed E-state index contributed by atoms with van der Waals surface area (Å²) in [6.07, 6.45) is -4.25. The topological polar surface area (TPSA) is 564 Å². The third kappa shape index (κ3) is 32.9. The minimum atomic E-state index is -3.77. The summed E-state index contributed by atoms with van der Waals surface area (Å²) in [5.74, 6) is -17.5. The number of benzene rings is 1. The Morgan fingerprint density at radius 1 is 0.412 bits per heavy atom. The average Bonchev–Trinajstić information content (AvgIpc) is 0.748. The lowest BCUT2D eigenvalue weighted by Gasteiger charge is -2.44. The molecule has 39 heteroatoms. The maximum absolute atomic E-state index is 17.1. The van der Waals surface area contributed by atoms with Gasteiger partial charge in [0.05, 0.1) is 19.6 Å². The Morgan fingerprint density at radius 2 is 0.794 bits per heavy atom. The van der Waals surface area contributed by atoms with E-state index in [1.165, 1.54) is 43.9 Å². The SMILES string of the molecule is CC(C)(C)[Si](F)(c1ccc(C(=O)NC[C@@H](NC(=O)CC[C@@H](C(=O)O)N2CCN(CC(=O)O)CCN(CC(=O)O)CCN(CC(=O)O)CC2)C(=O)N[C@@H](CCCCNC(=O)CCC(=O)NCCC[C@H](NC(=O)CC[C@H](NC(=O)N[C@@H](CCC(=O)O)C(=O)O)C(=O)O)C(=O)O)C(=O)O)cc1)C(C)(C)C. The highest BCUT2D eigenvalue weighted by Gasteiger charge is 2.56. The first-order valence-electron chi connectivity index (χ1n) is 33.0. The van der Waals surface area contributed by atoms with Gasteiger partial charge in [-0.25, -0.2) is 24.0 Å². The monoisotopic (exact) mass is 1470 g/mol. The summed E-state index contributed by atoms with van der Waals surface area (Å²) in [5, 5.41) is 104. The molecule has 1 aliphatic rings. The number of nitrogens with one attached hydrogen (secondary N) is 8. The molecule has 0 spiro atoms. The van der Waals surface area contributed by atoms with Crippen LogP contribution in [0.4, 0.5) is 8.90 Å². The molecule has 0 bridgehead atoms. The summed E-state index contributed by atoms with van der Waals surface area (Å²) in [6.45, 7) is 8.44. The Kier molecular flexibility index (Phi) is 37.7. The van der Waals surface area contributed by atoms with Crippen molar-refractivity contribution in [2.75, 3.05) is 91.6 Å². The number of hydrogen-bond donors (Lipinski definition) is 17. The normalized spacial score (nSPS) is 15.6. The van der Waals surface area contributed by atoms with Crippen LogP contribution in [0.2, 0.25) is 10.1 Å². The first kappa shape index (κ1) is 88.6. The number of carbonyl (C=O) groups excluding carboxylic acids is 7. The highest BCUT2D eigenvalue weighted by Crippen LogP contribution is 2.51. The maximum Gasteiger partial charge on any atom is 0.326 e. The van der Waals surface area contributed by atoms with E-state index in [0.29, 0.717) is 5.19 Å². The van der Waals surface area contributed by atoms with E-state index in [1.54, 1.807) is 41.5 Å². The smallest absolute Gasteiger partial charge is 0.326 e. The van der Waals surface area contributed by atoms with E-state index in [2.05, 4.69) is 31.9 Å². The molecule has 6 atom stereocenters. The molecule has 0 unspecified atom stereocenters. The van der Waals surface area contributed by atoms with Gasteiger partial charge >= 0.3 is 59.8 Å². The number of hydrogen-bond acceptors (Lipinski definition) is 20. The van der Waals surface area contributed by atoms with Crippen molar-refractivity contribution in [2.45, 2.75) is 171 Å². The minimum Gasteiger partial charge on any atom is -0.481 e.